The summed E-state index contributed by atoms with van der Waals surface area (Å²) in [6.07, 6.45) is 5.58. The van der Waals surface area contributed by atoms with Crippen LogP contribution in [0.5, 0.6) is 5.75 Å². The summed E-state index contributed by atoms with van der Waals surface area (Å²) in [5, 5.41) is 0.728. The molecule has 1 aromatic carbocycles. The summed E-state index contributed by atoms with van der Waals surface area (Å²) in [7, 11) is -4.58. The van der Waals surface area contributed by atoms with E-state index in [0.717, 1.165) is 48.9 Å². The van der Waals surface area contributed by atoms with Crippen molar-refractivity contribution >= 4 is 18.7 Å². The van der Waals surface area contributed by atoms with Gasteiger partial charge in [0.15, 0.2) is 0 Å². The average Bonchev–Trinajstić information content (AvgIpc) is 2.88. The first kappa shape index (κ1) is 17.8. The van der Waals surface area contributed by atoms with E-state index in [2.05, 4.69) is 23.4 Å². The summed E-state index contributed by atoms with van der Waals surface area (Å²) in [6, 6.07) is 5.14. The number of phosphoric ester groups is 1. The van der Waals surface area contributed by atoms with E-state index < -0.39 is 7.82 Å². The first-order valence-electron chi connectivity index (χ1n) is 7.62. The second kappa shape index (κ2) is 7.79. The molecule has 7 heteroatoms. The van der Waals surface area contributed by atoms with Crippen molar-refractivity contribution in [2.24, 2.45) is 0 Å². The van der Waals surface area contributed by atoms with Gasteiger partial charge in [-0.05, 0) is 37.1 Å². The lowest BCUT2D eigenvalue weighted by molar-refractivity contribution is 0.284. The zero-order valence-corrected chi connectivity index (χ0v) is 14.1. The highest BCUT2D eigenvalue weighted by Gasteiger charge is 2.19. The maximum atomic E-state index is 11.2. The molecule has 2 aromatic rings. The van der Waals surface area contributed by atoms with Gasteiger partial charge in [0.25, 0.3) is 0 Å². The topological polar surface area (TPSA) is 85.8 Å². The lowest BCUT2D eigenvalue weighted by Crippen LogP contribution is -2.27. The number of hydrogen-bond donors (Lipinski definition) is 3. The molecule has 0 aliphatic carbocycles. The molecule has 0 saturated heterocycles. The van der Waals surface area contributed by atoms with Crippen molar-refractivity contribution in [3.8, 4) is 5.75 Å². The predicted molar refractivity (Wildman–Crippen MR) is 91.6 cm³/mol. The number of fused-ring (bicyclic) bond motifs is 1. The Morgan fingerprint density at radius 1 is 1.39 bits per heavy atom. The number of phosphoric acid groups is 1. The van der Waals surface area contributed by atoms with E-state index in [9.17, 15) is 4.57 Å². The quantitative estimate of drug-likeness (QED) is 0.483. The van der Waals surface area contributed by atoms with E-state index in [4.69, 9.17) is 14.3 Å². The van der Waals surface area contributed by atoms with E-state index in [1.165, 1.54) is 0 Å². The van der Waals surface area contributed by atoms with Crippen LogP contribution in [0.25, 0.3) is 10.9 Å². The molecule has 23 heavy (non-hydrogen) atoms. The number of aromatic amines is 1. The van der Waals surface area contributed by atoms with Crippen LogP contribution in [-0.4, -0.2) is 39.3 Å². The highest BCUT2D eigenvalue weighted by atomic mass is 31.2. The molecule has 6 nitrogen and oxygen atoms in total. The number of benzene rings is 1. The van der Waals surface area contributed by atoms with Crippen LogP contribution in [0, 0.1) is 0 Å². The Morgan fingerprint density at radius 2 is 2.17 bits per heavy atom. The maximum absolute atomic E-state index is 11.2. The molecule has 3 N–H and O–H groups in total. The van der Waals surface area contributed by atoms with Crippen molar-refractivity contribution in [2.45, 2.75) is 19.8 Å². The molecular formula is C16H23N2O4P. The average molecular weight is 338 g/mol. The van der Waals surface area contributed by atoms with Crippen LogP contribution in [-0.2, 0) is 11.0 Å². The molecule has 0 spiro atoms. The lowest BCUT2D eigenvalue weighted by atomic mass is 10.1. The third-order valence-corrected chi connectivity index (χ3v) is 4.03. The Balaban J connectivity index is 2.23. The Hall–Kier alpha value is -1.59. The molecule has 0 fully saturated rings. The molecule has 1 aromatic heterocycles. The van der Waals surface area contributed by atoms with Crippen molar-refractivity contribution in [1.82, 2.24) is 9.88 Å². The molecule has 0 aliphatic heterocycles. The van der Waals surface area contributed by atoms with Gasteiger partial charge in [0.05, 0.1) is 0 Å². The minimum absolute atomic E-state index is 0.206. The molecule has 2 rings (SSSR count). The molecule has 0 saturated carbocycles. The second-order valence-electron chi connectivity index (χ2n) is 5.41. The van der Waals surface area contributed by atoms with Crippen LogP contribution in [0.2, 0.25) is 0 Å². The van der Waals surface area contributed by atoms with Gasteiger partial charge in [0.1, 0.15) is 5.75 Å². The number of aromatic nitrogens is 1. The fourth-order valence-electron chi connectivity index (χ4n) is 2.69. The highest BCUT2D eigenvalue weighted by Crippen LogP contribution is 2.41. The summed E-state index contributed by atoms with van der Waals surface area (Å²) in [4.78, 5) is 23.6. The van der Waals surface area contributed by atoms with Crippen LogP contribution >= 0.6 is 7.82 Å². The van der Waals surface area contributed by atoms with Crippen molar-refractivity contribution in [1.29, 1.82) is 0 Å². The Labute approximate surface area is 136 Å². The summed E-state index contributed by atoms with van der Waals surface area (Å²) in [6.45, 7) is 8.56. The highest BCUT2D eigenvalue weighted by molar-refractivity contribution is 7.46. The SMILES string of the molecule is C=CCN(CCC)CCc1c[nH]c2cccc(OP(=O)(O)O)c12. The number of nitrogens with one attached hydrogen (secondary N) is 1. The van der Waals surface area contributed by atoms with Gasteiger partial charge in [-0.25, -0.2) is 4.57 Å². The van der Waals surface area contributed by atoms with Crippen molar-refractivity contribution < 1.29 is 18.9 Å². The fraction of sp³-hybridized carbons (Fsp3) is 0.375. The van der Waals surface area contributed by atoms with E-state index in [1.807, 2.05) is 18.3 Å². The predicted octanol–water partition coefficient (Wildman–Crippen LogP) is 3.08. The van der Waals surface area contributed by atoms with Gasteiger partial charge in [-0.1, -0.05) is 19.1 Å². The van der Waals surface area contributed by atoms with Crippen molar-refractivity contribution in [2.75, 3.05) is 19.6 Å². The summed E-state index contributed by atoms with van der Waals surface area (Å²) in [5.41, 5.74) is 1.78. The van der Waals surface area contributed by atoms with E-state index >= 15 is 0 Å². The van der Waals surface area contributed by atoms with E-state index in [1.54, 1.807) is 12.1 Å². The van der Waals surface area contributed by atoms with Gasteiger partial charge < -0.3 is 9.51 Å². The van der Waals surface area contributed by atoms with Gasteiger partial charge >= 0.3 is 7.82 Å². The Kier molecular flexibility index (Phi) is 6.02. The third-order valence-electron chi connectivity index (χ3n) is 3.59. The normalized spacial score (nSPS) is 12.0. The molecular weight excluding hydrogens is 315 g/mol. The zero-order valence-electron chi connectivity index (χ0n) is 13.2. The van der Waals surface area contributed by atoms with Crippen molar-refractivity contribution in [3.05, 3.63) is 42.6 Å². The molecule has 0 aliphatic rings. The van der Waals surface area contributed by atoms with Crippen LogP contribution < -0.4 is 4.52 Å². The van der Waals surface area contributed by atoms with Gasteiger partial charge in [-0.3, -0.25) is 14.7 Å². The van der Waals surface area contributed by atoms with E-state index in [-0.39, 0.29) is 5.75 Å². The lowest BCUT2D eigenvalue weighted by Gasteiger charge is -2.19. The molecule has 1 heterocycles. The van der Waals surface area contributed by atoms with Gasteiger partial charge in [0.2, 0.25) is 0 Å². The van der Waals surface area contributed by atoms with E-state index in [0.29, 0.717) is 0 Å². The number of hydrogen-bond acceptors (Lipinski definition) is 3. The fourth-order valence-corrected chi connectivity index (χ4v) is 3.10. The first-order chi connectivity index (χ1) is 10.9. The Morgan fingerprint density at radius 3 is 2.83 bits per heavy atom. The standard InChI is InChI=1S/C16H23N2O4P/c1-3-9-18(10-4-2)11-8-13-12-17-14-6-5-7-15(16(13)14)22-23(19,20)21/h3,5-7,12,17H,1,4,8-11H2,2H3,(H2,19,20,21). The smallest absolute Gasteiger partial charge is 0.404 e. The van der Waals surface area contributed by atoms with Crippen molar-refractivity contribution in [3.63, 3.8) is 0 Å². The molecule has 126 valence electrons. The first-order valence-corrected chi connectivity index (χ1v) is 9.15. The molecule has 0 radical (unpaired) electrons. The maximum Gasteiger partial charge on any atom is 0.524 e. The van der Waals surface area contributed by atoms with Crippen LogP contribution in [0.1, 0.15) is 18.9 Å². The number of H-pyrrole nitrogens is 1. The van der Waals surface area contributed by atoms with Crippen LogP contribution in [0.3, 0.4) is 0 Å². The zero-order chi connectivity index (χ0) is 16.9. The summed E-state index contributed by atoms with van der Waals surface area (Å²) < 4.78 is 16.0. The van der Waals surface area contributed by atoms with Gasteiger partial charge in [0, 0.05) is 30.2 Å². The Bertz CT molecular complexity index is 707. The van der Waals surface area contributed by atoms with Crippen LogP contribution in [0.4, 0.5) is 0 Å². The monoisotopic (exact) mass is 338 g/mol. The van der Waals surface area contributed by atoms with Gasteiger partial charge in [-0.2, -0.15) is 0 Å². The minimum atomic E-state index is -4.58. The summed E-state index contributed by atoms with van der Waals surface area (Å²) >= 11 is 0. The minimum Gasteiger partial charge on any atom is -0.404 e. The molecule has 0 amide bonds. The number of rotatable bonds is 9. The number of nitrogens with zero attached hydrogens (tertiary/aromatic N) is 1. The second-order valence-corrected chi connectivity index (χ2v) is 6.58. The molecule has 0 atom stereocenters. The van der Waals surface area contributed by atoms with Gasteiger partial charge in [-0.15, -0.1) is 6.58 Å². The third kappa shape index (κ3) is 4.94. The van der Waals surface area contributed by atoms with Crippen LogP contribution in [0.15, 0.2) is 37.1 Å². The molecule has 0 bridgehead atoms. The molecule has 0 unspecified atom stereocenters. The largest absolute Gasteiger partial charge is 0.524 e. The summed E-state index contributed by atoms with van der Waals surface area (Å²) in [5.74, 6) is 0.206.